The quantitative estimate of drug-likeness (QED) is 0.706. The number of rotatable bonds is 6. The van der Waals surface area contributed by atoms with Crippen molar-refractivity contribution >= 4 is 11.3 Å². The van der Waals surface area contributed by atoms with Gasteiger partial charge >= 0.3 is 0 Å². The number of likely N-dealkylation sites (N-methyl/N-ethyl adjacent to an activating group) is 1. The van der Waals surface area contributed by atoms with E-state index in [1.807, 2.05) is 6.92 Å². The Kier molecular flexibility index (Phi) is 5.07. The van der Waals surface area contributed by atoms with E-state index in [0.29, 0.717) is 6.04 Å². The molecule has 0 radical (unpaired) electrons. The van der Waals surface area contributed by atoms with Crippen LogP contribution in [-0.4, -0.2) is 24.6 Å². The summed E-state index contributed by atoms with van der Waals surface area (Å²) in [7, 11) is 0. The zero-order valence-corrected chi connectivity index (χ0v) is 9.95. The Morgan fingerprint density at radius 1 is 1.50 bits per heavy atom. The van der Waals surface area contributed by atoms with E-state index in [1.54, 1.807) is 11.3 Å². The fraction of sp³-hybridized carbons (Fsp3) is 0.700. The van der Waals surface area contributed by atoms with Crippen LogP contribution in [-0.2, 0) is 0 Å². The Hall–Kier alpha value is -0.450. The third kappa shape index (κ3) is 3.74. The lowest BCUT2D eigenvalue weighted by Gasteiger charge is -2.10. The van der Waals surface area contributed by atoms with Gasteiger partial charge in [-0.15, -0.1) is 11.3 Å². The second-order valence-corrected chi connectivity index (χ2v) is 4.25. The van der Waals surface area contributed by atoms with E-state index in [-0.39, 0.29) is 0 Å². The van der Waals surface area contributed by atoms with Crippen molar-refractivity contribution in [2.75, 3.05) is 19.6 Å². The lowest BCUT2D eigenvalue weighted by molar-refractivity contribution is 0.549. The van der Waals surface area contributed by atoms with Crippen LogP contribution in [0.4, 0.5) is 0 Å². The SMILES string of the molecule is CCNCCNC(C)c1nc(C)cs1. The fourth-order valence-electron chi connectivity index (χ4n) is 1.21. The number of aryl methyl sites for hydroxylation is 1. The van der Waals surface area contributed by atoms with Crippen LogP contribution in [0.25, 0.3) is 0 Å². The average Bonchev–Trinajstić information content (AvgIpc) is 2.59. The monoisotopic (exact) mass is 213 g/mol. The number of hydrogen-bond acceptors (Lipinski definition) is 4. The molecule has 1 heterocycles. The van der Waals surface area contributed by atoms with E-state index < -0.39 is 0 Å². The van der Waals surface area contributed by atoms with Gasteiger partial charge in [0.05, 0.1) is 6.04 Å². The Morgan fingerprint density at radius 3 is 2.86 bits per heavy atom. The Bertz CT molecular complexity index is 260. The zero-order chi connectivity index (χ0) is 10.4. The summed E-state index contributed by atoms with van der Waals surface area (Å²) in [5.41, 5.74) is 1.12. The summed E-state index contributed by atoms with van der Waals surface area (Å²) >= 11 is 1.73. The molecule has 0 aliphatic carbocycles. The van der Waals surface area contributed by atoms with Gasteiger partial charge in [-0.25, -0.2) is 4.98 Å². The highest BCUT2D eigenvalue weighted by molar-refractivity contribution is 7.09. The van der Waals surface area contributed by atoms with Crippen LogP contribution in [0.3, 0.4) is 0 Å². The van der Waals surface area contributed by atoms with E-state index in [9.17, 15) is 0 Å². The summed E-state index contributed by atoms with van der Waals surface area (Å²) in [5, 5.41) is 9.99. The van der Waals surface area contributed by atoms with Crippen molar-refractivity contribution in [2.45, 2.75) is 26.8 Å². The van der Waals surface area contributed by atoms with Crippen molar-refractivity contribution in [2.24, 2.45) is 0 Å². The summed E-state index contributed by atoms with van der Waals surface area (Å²) in [6.45, 7) is 9.36. The average molecular weight is 213 g/mol. The van der Waals surface area contributed by atoms with Gasteiger partial charge in [-0.2, -0.15) is 0 Å². The van der Waals surface area contributed by atoms with E-state index in [1.165, 1.54) is 5.01 Å². The molecular formula is C10H19N3S. The van der Waals surface area contributed by atoms with Crippen molar-refractivity contribution < 1.29 is 0 Å². The van der Waals surface area contributed by atoms with E-state index in [4.69, 9.17) is 0 Å². The van der Waals surface area contributed by atoms with Gasteiger partial charge in [0.25, 0.3) is 0 Å². The van der Waals surface area contributed by atoms with E-state index in [0.717, 1.165) is 25.3 Å². The molecule has 80 valence electrons. The molecule has 1 atom stereocenters. The second-order valence-electron chi connectivity index (χ2n) is 3.36. The van der Waals surface area contributed by atoms with Crippen molar-refractivity contribution in [3.63, 3.8) is 0 Å². The summed E-state index contributed by atoms with van der Waals surface area (Å²) in [6.07, 6.45) is 0. The molecule has 1 rings (SSSR count). The molecule has 1 aromatic rings. The van der Waals surface area contributed by atoms with Gasteiger partial charge in [0, 0.05) is 24.2 Å². The van der Waals surface area contributed by atoms with Gasteiger partial charge in [0.2, 0.25) is 0 Å². The molecule has 0 saturated heterocycles. The molecule has 0 aromatic carbocycles. The summed E-state index contributed by atoms with van der Waals surface area (Å²) in [5.74, 6) is 0. The van der Waals surface area contributed by atoms with Gasteiger partial charge < -0.3 is 10.6 Å². The first-order chi connectivity index (χ1) is 6.74. The third-order valence-electron chi connectivity index (χ3n) is 2.01. The molecule has 0 bridgehead atoms. The van der Waals surface area contributed by atoms with E-state index >= 15 is 0 Å². The molecule has 0 amide bonds. The maximum Gasteiger partial charge on any atom is 0.110 e. The van der Waals surface area contributed by atoms with Gasteiger partial charge in [-0.1, -0.05) is 6.92 Å². The first-order valence-electron chi connectivity index (χ1n) is 5.10. The molecule has 0 spiro atoms. The smallest absolute Gasteiger partial charge is 0.110 e. The van der Waals surface area contributed by atoms with Crippen LogP contribution in [0.15, 0.2) is 5.38 Å². The maximum atomic E-state index is 4.45. The predicted octanol–water partition coefficient (Wildman–Crippen LogP) is 1.71. The van der Waals surface area contributed by atoms with Gasteiger partial charge in [0.15, 0.2) is 0 Å². The van der Waals surface area contributed by atoms with Crippen LogP contribution in [0, 0.1) is 6.92 Å². The first kappa shape index (κ1) is 11.6. The first-order valence-corrected chi connectivity index (χ1v) is 5.98. The molecule has 4 heteroatoms. The van der Waals surface area contributed by atoms with E-state index in [2.05, 4.69) is 34.8 Å². The Labute approximate surface area is 89.9 Å². The molecule has 0 fully saturated rings. The predicted molar refractivity (Wildman–Crippen MR) is 61.8 cm³/mol. The summed E-state index contributed by atoms with van der Waals surface area (Å²) < 4.78 is 0. The van der Waals surface area contributed by atoms with Crippen molar-refractivity contribution in [3.8, 4) is 0 Å². The van der Waals surface area contributed by atoms with Crippen molar-refractivity contribution in [1.29, 1.82) is 0 Å². The molecule has 0 aliphatic rings. The minimum absolute atomic E-state index is 0.368. The van der Waals surface area contributed by atoms with Crippen LogP contribution >= 0.6 is 11.3 Å². The fourth-order valence-corrected chi connectivity index (χ4v) is 2.04. The molecule has 14 heavy (non-hydrogen) atoms. The lowest BCUT2D eigenvalue weighted by Crippen LogP contribution is -2.28. The third-order valence-corrected chi connectivity index (χ3v) is 3.15. The number of aromatic nitrogens is 1. The van der Waals surface area contributed by atoms with Crippen LogP contribution < -0.4 is 10.6 Å². The summed E-state index contributed by atoms with van der Waals surface area (Å²) in [6, 6.07) is 0.368. The molecule has 1 unspecified atom stereocenters. The highest BCUT2D eigenvalue weighted by Gasteiger charge is 2.07. The summed E-state index contributed by atoms with van der Waals surface area (Å²) in [4.78, 5) is 4.45. The highest BCUT2D eigenvalue weighted by atomic mass is 32.1. The largest absolute Gasteiger partial charge is 0.316 e. The molecule has 3 nitrogen and oxygen atoms in total. The number of thiazole rings is 1. The van der Waals surface area contributed by atoms with Crippen LogP contribution in [0.1, 0.15) is 30.6 Å². The molecule has 1 aromatic heterocycles. The Morgan fingerprint density at radius 2 is 2.29 bits per heavy atom. The van der Waals surface area contributed by atoms with Crippen LogP contribution in [0.5, 0.6) is 0 Å². The molecule has 2 N–H and O–H groups in total. The topological polar surface area (TPSA) is 37.0 Å². The number of nitrogens with zero attached hydrogens (tertiary/aromatic N) is 1. The number of hydrogen-bond donors (Lipinski definition) is 2. The molecule has 0 aliphatic heterocycles. The Balaban J connectivity index is 2.25. The zero-order valence-electron chi connectivity index (χ0n) is 9.13. The maximum absolute atomic E-state index is 4.45. The van der Waals surface area contributed by atoms with Crippen LogP contribution in [0.2, 0.25) is 0 Å². The second kappa shape index (κ2) is 6.11. The van der Waals surface area contributed by atoms with Gasteiger partial charge in [-0.3, -0.25) is 0 Å². The van der Waals surface area contributed by atoms with Crippen molar-refractivity contribution in [3.05, 3.63) is 16.1 Å². The highest BCUT2D eigenvalue weighted by Crippen LogP contribution is 2.16. The molecular weight excluding hydrogens is 194 g/mol. The lowest BCUT2D eigenvalue weighted by atomic mass is 10.3. The van der Waals surface area contributed by atoms with Gasteiger partial charge in [-0.05, 0) is 20.4 Å². The molecule has 0 saturated carbocycles. The number of nitrogens with one attached hydrogen (secondary N) is 2. The minimum atomic E-state index is 0.368. The normalized spacial score (nSPS) is 13.1. The van der Waals surface area contributed by atoms with Crippen molar-refractivity contribution in [1.82, 2.24) is 15.6 Å². The standard InChI is InChI=1S/C10H19N3S/c1-4-11-5-6-12-9(3)10-13-8(2)7-14-10/h7,9,11-12H,4-6H2,1-3H3. The minimum Gasteiger partial charge on any atom is -0.316 e. The van der Waals surface area contributed by atoms with Gasteiger partial charge in [0.1, 0.15) is 5.01 Å².